The zero-order chi connectivity index (χ0) is 30.1. The topological polar surface area (TPSA) is 130 Å². The molecule has 5 rings (SSSR count). The number of thiazole rings is 1. The van der Waals surface area contributed by atoms with Crippen LogP contribution in [0.4, 0.5) is 0 Å². The highest BCUT2D eigenvalue weighted by atomic mass is 32.1. The van der Waals surface area contributed by atoms with E-state index in [2.05, 4.69) is 4.99 Å². The quantitative estimate of drug-likeness (QED) is 0.305. The number of carbonyl (C=O) groups is 2. The van der Waals surface area contributed by atoms with Crippen molar-refractivity contribution in [2.75, 3.05) is 20.8 Å². The molecule has 0 radical (unpaired) electrons. The van der Waals surface area contributed by atoms with Crippen LogP contribution < -0.4 is 24.4 Å². The van der Waals surface area contributed by atoms with Gasteiger partial charge in [-0.15, -0.1) is 0 Å². The Kier molecular flexibility index (Phi) is 7.86. The summed E-state index contributed by atoms with van der Waals surface area (Å²) in [5, 5.41) is 9.26. The number of methoxy groups -OCH3 is 2. The number of carboxylic acid groups (broad SMARTS) is 1. The monoisotopic (exact) mass is 588 g/mol. The van der Waals surface area contributed by atoms with Gasteiger partial charge in [0.1, 0.15) is 11.5 Å². The standard InChI is InChI=1S/C31H28N2O8S/c1-6-40-30(37)26-17(3)32-31-33(27(26)18-8-11-23(38-4)24(14-18)39-5)28(34)25(42-31)15-20-9-12-22(41-20)21-10-7-19(29(35)36)13-16(21)2/h7-15,27H,6H2,1-5H3,(H,35,36)/b25-15+/t27-/m1/s1. The van der Waals surface area contributed by atoms with Crippen LogP contribution >= 0.6 is 11.3 Å². The maximum absolute atomic E-state index is 13.9. The lowest BCUT2D eigenvalue weighted by atomic mass is 9.95. The molecule has 0 fully saturated rings. The largest absolute Gasteiger partial charge is 0.493 e. The lowest BCUT2D eigenvalue weighted by Crippen LogP contribution is -2.39. The van der Waals surface area contributed by atoms with E-state index in [0.29, 0.717) is 43.6 Å². The molecule has 1 aliphatic heterocycles. The predicted molar refractivity (Wildman–Crippen MR) is 156 cm³/mol. The van der Waals surface area contributed by atoms with Crippen LogP contribution in [-0.2, 0) is 9.53 Å². The van der Waals surface area contributed by atoms with Gasteiger partial charge >= 0.3 is 11.9 Å². The number of carboxylic acids is 1. The number of allylic oxidation sites excluding steroid dienone is 1. The first-order valence-electron chi connectivity index (χ1n) is 13.0. The summed E-state index contributed by atoms with van der Waals surface area (Å²) in [6, 6.07) is 12.7. The van der Waals surface area contributed by atoms with E-state index in [1.165, 1.54) is 36.2 Å². The van der Waals surface area contributed by atoms with Crippen molar-refractivity contribution in [1.82, 2.24) is 4.57 Å². The molecule has 1 atom stereocenters. The fraction of sp³-hybridized carbons (Fsp3) is 0.226. The maximum Gasteiger partial charge on any atom is 0.338 e. The van der Waals surface area contributed by atoms with E-state index >= 15 is 0 Å². The number of benzene rings is 2. The fourth-order valence-electron chi connectivity index (χ4n) is 4.91. The molecule has 1 N–H and O–H groups in total. The van der Waals surface area contributed by atoms with Crippen molar-refractivity contribution in [3.63, 3.8) is 0 Å². The van der Waals surface area contributed by atoms with E-state index in [9.17, 15) is 19.5 Å². The van der Waals surface area contributed by atoms with Gasteiger partial charge in [-0.3, -0.25) is 9.36 Å². The molecular weight excluding hydrogens is 560 g/mol. The first-order chi connectivity index (χ1) is 20.2. The summed E-state index contributed by atoms with van der Waals surface area (Å²) >= 11 is 1.18. The molecule has 4 aromatic rings. The molecule has 1 aliphatic rings. The molecule has 0 amide bonds. The summed E-state index contributed by atoms with van der Waals surface area (Å²) in [6.07, 6.45) is 1.63. The molecule has 3 heterocycles. The number of nitrogens with zero attached hydrogens (tertiary/aromatic N) is 2. The van der Waals surface area contributed by atoms with Gasteiger partial charge in [0.25, 0.3) is 5.56 Å². The van der Waals surface area contributed by atoms with Gasteiger partial charge in [0.05, 0.1) is 48.2 Å². The van der Waals surface area contributed by atoms with Crippen LogP contribution in [0.15, 0.2) is 74.0 Å². The molecule has 2 aromatic heterocycles. The summed E-state index contributed by atoms with van der Waals surface area (Å²) in [5.74, 6) is 0.354. The minimum Gasteiger partial charge on any atom is -0.493 e. The summed E-state index contributed by atoms with van der Waals surface area (Å²) in [6.45, 7) is 5.40. The van der Waals surface area contributed by atoms with Crippen molar-refractivity contribution < 1.29 is 33.3 Å². The first kappa shape index (κ1) is 28.6. The van der Waals surface area contributed by atoms with Gasteiger partial charge in [-0.1, -0.05) is 23.5 Å². The van der Waals surface area contributed by atoms with E-state index < -0.39 is 18.0 Å². The smallest absolute Gasteiger partial charge is 0.338 e. The van der Waals surface area contributed by atoms with Gasteiger partial charge in [-0.2, -0.15) is 0 Å². The molecule has 10 nitrogen and oxygen atoms in total. The molecule has 0 bridgehead atoms. The number of rotatable bonds is 8. The summed E-state index contributed by atoms with van der Waals surface area (Å²) < 4.78 is 24.1. The Hall–Kier alpha value is -4.90. The molecule has 42 heavy (non-hydrogen) atoms. The lowest BCUT2D eigenvalue weighted by molar-refractivity contribution is -0.139. The van der Waals surface area contributed by atoms with Crippen LogP contribution in [0.5, 0.6) is 11.5 Å². The van der Waals surface area contributed by atoms with Crippen molar-refractivity contribution in [1.29, 1.82) is 0 Å². The Morgan fingerprint density at radius 3 is 2.50 bits per heavy atom. The third-order valence-electron chi connectivity index (χ3n) is 6.88. The zero-order valence-electron chi connectivity index (χ0n) is 23.6. The minimum atomic E-state index is -1.01. The van der Waals surface area contributed by atoms with Crippen molar-refractivity contribution in [2.24, 2.45) is 4.99 Å². The third kappa shape index (κ3) is 5.14. The highest BCUT2D eigenvalue weighted by Crippen LogP contribution is 2.36. The number of carbonyl (C=O) groups excluding carboxylic acids is 1. The van der Waals surface area contributed by atoms with Gasteiger partial charge in [-0.05, 0) is 68.3 Å². The molecule has 216 valence electrons. The number of hydrogen-bond donors (Lipinski definition) is 1. The molecule has 11 heteroatoms. The number of hydrogen-bond acceptors (Lipinski definition) is 9. The van der Waals surface area contributed by atoms with Crippen molar-refractivity contribution in [3.8, 4) is 22.8 Å². The van der Waals surface area contributed by atoms with Gasteiger partial charge in [-0.25, -0.2) is 14.6 Å². The summed E-state index contributed by atoms with van der Waals surface area (Å²) in [7, 11) is 3.04. The Morgan fingerprint density at radius 1 is 1.07 bits per heavy atom. The van der Waals surface area contributed by atoms with Crippen LogP contribution in [-0.4, -0.2) is 42.4 Å². The number of aromatic nitrogens is 1. The first-order valence-corrected chi connectivity index (χ1v) is 13.8. The SMILES string of the molecule is CCOC(=O)C1=C(C)N=c2s/c(=C/c3ccc(-c4ccc(C(=O)O)cc4C)o3)c(=O)n2[C@@H]1c1ccc(OC)c(OC)c1. The molecule has 0 saturated carbocycles. The van der Waals surface area contributed by atoms with Crippen LogP contribution in [0.1, 0.15) is 47.1 Å². The Morgan fingerprint density at radius 2 is 1.83 bits per heavy atom. The number of aryl methyl sites for hydroxylation is 1. The lowest BCUT2D eigenvalue weighted by Gasteiger charge is -2.25. The van der Waals surface area contributed by atoms with Crippen molar-refractivity contribution >= 4 is 29.4 Å². The number of ether oxygens (including phenoxy) is 3. The van der Waals surface area contributed by atoms with E-state index in [1.54, 1.807) is 69.3 Å². The maximum atomic E-state index is 13.9. The number of fused-ring (bicyclic) bond motifs is 1. The highest BCUT2D eigenvalue weighted by Gasteiger charge is 2.34. The Bertz CT molecular complexity index is 1930. The number of aromatic carboxylic acids is 1. The molecule has 0 aliphatic carbocycles. The average molecular weight is 589 g/mol. The Labute approximate surface area is 244 Å². The predicted octanol–water partition coefficient (Wildman–Crippen LogP) is 4.08. The summed E-state index contributed by atoms with van der Waals surface area (Å²) in [4.78, 5) is 43.4. The highest BCUT2D eigenvalue weighted by molar-refractivity contribution is 7.07. The normalized spacial score (nSPS) is 14.8. The van der Waals surface area contributed by atoms with Gasteiger partial charge < -0.3 is 23.7 Å². The molecule has 2 aromatic carbocycles. The van der Waals surface area contributed by atoms with Gasteiger partial charge in [0.15, 0.2) is 16.3 Å². The van der Waals surface area contributed by atoms with Crippen molar-refractivity contribution in [2.45, 2.75) is 26.8 Å². The second-order valence-electron chi connectivity index (χ2n) is 9.45. The summed E-state index contributed by atoms with van der Waals surface area (Å²) in [5.41, 5.74) is 2.64. The Balaban J connectivity index is 1.63. The van der Waals surface area contributed by atoms with E-state index in [-0.39, 0.29) is 23.3 Å². The third-order valence-corrected chi connectivity index (χ3v) is 7.86. The van der Waals surface area contributed by atoms with Gasteiger partial charge in [0, 0.05) is 11.6 Å². The van der Waals surface area contributed by atoms with Crippen LogP contribution in [0.25, 0.3) is 17.4 Å². The van der Waals surface area contributed by atoms with Gasteiger partial charge in [0.2, 0.25) is 0 Å². The number of esters is 1. The molecular formula is C31H28N2O8S. The van der Waals surface area contributed by atoms with Crippen LogP contribution in [0.2, 0.25) is 0 Å². The van der Waals surface area contributed by atoms with Crippen molar-refractivity contribution in [3.05, 3.63) is 102 Å². The zero-order valence-corrected chi connectivity index (χ0v) is 24.4. The van der Waals surface area contributed by atoms with E-state index in [1.807, 2.05) is 0 Å². The van der Waals surface area contributed by atoms with Crippen LogP contribution in [0.3, 0.4) is 0 Å². The van der Waals surface area contributed by atoms with E-state index in [0.717, 1.165) is 11.1 Å². The fourth-order valence-corrected chi connectivity index (χ4v) is 5.93. The average Bonchev–Trinajstić information content (AvgIpc) is 3.55. The molecule has 0 spiro atoms. The molecule has 0 saturated heterocycles. The van der Waals surface area contributed by atoms with E-state index in [4.69, 9.17) is 18.6 Å². The minimum absolute atomic E-state index is 0.165. The number of furan rings is 1. The second kappa shape index (κ2) is 11.5. The second-order valence-corrected chi connectivity index (χ2v) is 10.5. The van der Waals surface area contributed by atoms with Crippen LogP contribution in [0, 0.1) is 6.92 Å². The molecule has 0 unspecified atom stereocenters.